The minimum atomic E-state index is -4.43. The highest BCUT2D eigenvalue weighted by Gasteiger charge is 2.40. The van der Waals surface area contributed by atoms with E-state index < -0.39 is 12.0 Å². The van der Waals surface area contributed by atoms with Crippen LogP contribution in [0.4, 0.5) is 13.2 Å². The molecule has 1 saturated carbocycles. The standard InChI is InChI=1S/C13H20F3N5/c14-13(15,16)12-19-18-11-8-20(5-6-21(11)12)10-4-2-1-3-9(10)7-17/h9-10H,1-8,17H2. The number of halogens is 3. The SMILES string of the molecule is NCC1CCCCC1N1CCn2c(nnc2C(F)(F)F)C1. The van der Waals surface area contributed by atoms with E-state index in [1.54, 1.807) is 0 Å². The lowest BCUT2D eigenvalue weighted by atomic mass is 9.83. The molecule has 1 fully saturated rings. The number of hydrogen-bond acceptors (Lipinski definition) is 4. The number of aromatic nitrogens is 3. The third-order valence-electron chi connectivity index (χ3n) is 4.68. The lowest BCUT2D eigenvalue weighted by Gasteiger charge is -2.41. The minimum Gasteiger partial charge on any atom is -0.330 e. The van der Waals surface area contributed by atoms with Gasteiger partial charge in [-0.3, -0.25) is 4.90 Å². The first kappa shape index (κ1) is 14.8. The normalized spacial score (nSPS) is 27.6. The van der Waals surface area contributed by atoms with Gasteiger partial charge >= 0.3 is 6.18 Å². The van der Waals surface area contributed by atoms with Crippen molar-refractivity contribution in [1.82, 2.24) is 19.7 Å². The van der Waals surface area contributed by atoms with Crippen LogP contribution in [0.3, 0.4) is 0 Å². The quantitative estimate of drug-likeness (QED) is 0.902. The Morgan fingerprint density at radius 3 is 2.62 bits per heavy atom. The summed E-state index contributed by atoms with van der Waals surface area (Å²) in [5.74, 6) is -0.0265. The van der Waals surface area contributed by atoms with Gasteiger partial charge in [-0.25, -0.2) is 0 Å². The molecule has 2 aliphatic rings. The van der Waals surface area contributed by atoms with Gasteiger partial charge in [0.25, 0.3) is 0 Å². The summed E-state index contributed by atoms with van der Waals surface area (Å²) in [7, 11) is 0. The van der Waals surface area contributed by atoms with Crippen LogP contribution in [0.15, 0.2) is 0 Å². The van der Waals surface area contributed by atoms with Crippen molar-refractivity contribution in [1.29, 1.82) is 0 Å². The number of rotatable bonds is 2. The third kappa shape index (κ3) is 2.78. The molecule has 2 heterocycles. The molecule has 2 N–H and O–H groups in total. The second-order valence-electron chi connectivity index (χ2n) is 5.91. The van der Waals surface area contributed by atoms with Gasteiger partial charge in [0.1, 0.15) is 5.82 Å². The van der Waals surface area contributed by atoms with Crippen LogP contribution in [0.2, 0.25) is 0 Å². The maximum atomic E-state index is 12.8. The fourth-order valence-corrected chi connectivity index (χ4v) is 3.61. The van der Waals surface area contributed by atoms with Gasteiger partial charge in [-0.2, -0.15) is 13.2 Å². The second kappa shape index (κ2) is 5.57. The van der Waals surface area contributed by atoms with Gasteiger partial charge in [0.15, 0.2) is 0 Å². The summed E-state index contributed by atoms with van der Waals surface area (Å²) in [5, 5.41) is 7.06. The number of nitrogens with zero attached hydrogens (tertiary/aromatic N) is 4. The van der Waals surface area contributed by atoms with E-state index >= 15 is 0 Å². The summed E-state index contributed by atoms with van der Waals surface area (Å²) in [6.07, 6.45) is 0.108. The Morgan fingerprint density at radius 2 is 1.90 bits per heavy atom. The number of fused-ring (bicyclic) bond motifs is 1. The van der Waals surface area contributed by atoms with Crippen LogP contribution in [0.1, 0.15) is 37.3 Å². The summed E-state index contributed by atoms with van der Waals surface area (Å²) in [6, 6.07) is 0.364. The highest BCUT2D eigenvalue weighted by molar-refractivity contribution is 5.03. The number of hydrogen-bond donors (Lipinski definition) is 1. The maximum absolute atomic E-state index is 12.8. The van der Waals surface area contributed by atoms with Crippen LogP contribution >= 0.6 is 0 Å². The van der Waals surface area contributed by atoms with Crippen LogP contribution in [0.5, 0.6) is 0 Å². The molecule has 2 unspecified atom stereocenters. The second-order valence-corrected chi connectivity index (χ2v) is 5.91. The Kier molecular flexibility index (Phi) is 3.92. The molecular weight excluding hydrogens is 283 g/mol. The maximum Gasteiger partial charge on any atom is 0.451 e. The van der Waals surface area contributed by atoms with Crippen molar-refractivity contribution < 1.29 is 13.2 Å². The van der Waals surface area contributed by atoms with Gasteiger partial charge in [0.05, 0.1) is 6.54 Å². The zero-order valence-corrected chi connectivity index (χ0v) is 11.8. The zero-order chi connectivity index (χ0) is 15.0. The van der Waals surface area contributed by atoms with E-state index in [2.05, 4.69) is 15.1 Å². The van der Waals surface area contributed by atoms with E-state index in [9.17, 15) is 13.2 Å². The van der Waals surface area contributed by atoms with Gasteiger partial charge in [-0.1, -0.05) is 12.8 Å². The molecule has 0 radical (unpaired) electrons. The Hall–Kier alpha value is -1.15. The minimum absolute atomic E-state index is 0.297. The summed E-state index contributed by atoms with van der Waals surface area (Å²) < 4.78 is 39.7. The first-order valence-corrected chi connectivity index (χ1v) is 7.44. The number of nitrogens with two attached hydrogens (primary N) is 1. The van der Waals surface area contributed by atoms with Crippen LogP contribution in [-0.4, -0.2) is 38.8 Å². The fourth-order valence-electron chi connectivity index (χ4n) is 3.61. The first-order chi connectivity index (χ1) is 10.0. The highest BCUT2D eigenvalue weighted by atomic mass is 19.4. The fraction of sp³-hybridized carbons (Fsp3) is 0.846. The molecule has 0 saturated heterocycles. The lowest BCUT2D eigenvalue weighted by Crippen LogP contribution is -2.48. The zero-order valence-electron chi connectivity index (χ0n) is 11.8. The molecule has 0 spiro atoms. The monoisotopic (exact) mass is 303 g/mol. The predicted molar refractivity (Wildman–Crippen MR) is 70.2 cm³/mol. The van der Waals surface area contributed by atoms with Gasteiger partial charge in [-0.15, -0.1) is 10.2 Å². The van der Waals surface area contributed by atoms with Crippen molar-refractivity contribution in [2.24, 2.45) is 11.7 Å². The van der Waals surface area contributed by atoms with Crippen LogP contribution in [0.25, 0.3) is 0 Å². The summed E-state index contributed by atoms with van der Waals surface area (Å²) in [5.41, 5.74) is 5.85. The van der Waals surface area contributed by atoms with Gasteiger partial charge in [0.2, 0.25) is 5.82 Å². The summed E-state index contributed by atoms with van der Waals surface area (Å²) in [6.45, 7) is 1.98. The average molecular weight is 303 g/mol. The van der Waals surface area contributed by atoms with E-state index in [1.165, 1.54) is 11.0 Å². The molecule has 0 bridgehead atoms. The molecule has 0 amide bonds. The van der Waals surface area contributed by atoms with E-state index in [0.717, 1.165) is 19.3 Å². The largest absolute Gasteiger partial charge is 0.451 e. The Balaban J connectivity index is 1.77. The lowest BCUT2D eigenvalue weighted by molar-refractivity contribution is -0.148. The van der Waals surface area contributed by atoms with Crippen molar-refractivity contribution in [3.63, 3.8) is 0 Å². The van der Waals surface area contributed by atoms with Gasteiger partial charge in [-0.05, 0) is 25.3 Å². The van der Waals surface area contributed by atoms with Crippen molar-refractivity contribution in [3.05, 3.63) is 11.6 Å². The molecular formula is C13H20F3N5. The molecule has 1 aliphatic carbocycles. The molecule has 3 rings (SSSR count). The van der Waals surface area contributed by atoms with E-state index in [4.69, 9.17) is 5.73 Å². The van der Waals surface area contributed by atoms with Crippen molar-refractivity contribution in [2.75, 3.05) is 13.1 Å². The summed E-state index contributed by atoms with van der Waals surface area (Å²) >= 11 is 0. The Morgan fingerprint density at radius 1 is 1.14 bits per heavy atom. The van der Waals surface area contributed by atoms with Crippen LogP contribution < -0.4 is 5.73 Å². The molecule has 8 heteroatoms. The van der Waals surface area contributed by atoms with Crippen molar-refractivity contribution in [3.8, 4) is 0 Å². The van der Waals surface area contributed by atoms with Crippen LogP contribution in [-0.2, 0) is 19.3 Å². The predicted octanol–water partition coefficient (Wildman–Crippen LogP) is 1.63. The third-order valence-corrected chi connectivity index (χ3v) is 4.68. The Labute approximate surface area is 121 Å². The number of alkyl halides is 3. The van der Waals surface area contributed by atoms with E-state index in [1.807, 2.05) is 0 Å². The highest BCUT2D eigenvalue weighted by Crippen LogP contribution is 2.32. The van der Waals surface area contributed by atoms with Gasteiger partial charge < -0.3 is 10.3 Å². The van der Waals surface area contributed by atoms with Crippen LogP contribution in [0, 0.1) is 5.92 Å². The smallest absolute Gasteiger partial charge is 0.330 e. The topological polar surface area (TPSA) is 60.0 Å². The molecule has 1 aromatic rings. The van der Waals surface area contributed by atoms with Gasteiger partial charge in [0, 0.05) is 19.1 Å². The van der Waals surface area contributed by atoms with Crippen molar-refractivity contribution >= 4 is 0 Å². The molecule has 21 heavy (non-hydrogen) atoms. The Bertz CT molecular complexity index is 498. The molecule has 1 aromatic heterocycles. The molecule has 1 aliphatic heterocycles. The van der Waals surface area contributed by atoms with Crippen molar-refractivity contribution in [2.45, 2.75) is 51.0 Å². The molecule has 0 aromatic carbocycles. The molecule has 5 nitrogen and oxygen atoms in total. The molecule has 118 valence electrons. The summed E-state index contributed by atoms with van der Waals surface area (Å²) in [4.78, 5) is 2.24. The molecule has 2 atom stereocenters. The first-order valence-electron chi connectivity index (χ1n) is 7.44. The average Bonchev–Trinajstić information content (AvgIpc) is 2.90. The van der Waals surface area contributed by atoms with E-state index in [-0.39, 0.29) is 0 Å². The van der Waals surface area contributed by atoms with E-state index in [0.29, 0.717) is 44.0 Å².